The first-order valence-electron chi connectivity index (χ1n) is 6.66. The van der Waals surface area contributed by atoms with Crippen molar-refractivity contribution in [3.05, 3.63) is 17.7 Å². The summed E-state index contributed by atoms with van der Waals surface area (Å²) in [6.45, 7) is 2.14. The number of esters is 1. The zero-order valence-corrected chi connectivity index (χ0v) is 13.5. The lowest BCUT2D eigenvalue weighted by atomic mass is 10.1. The van der Waals surface area contributed by atoms with Crippen LogP contribution in [0.5, 0.6) is 17.2 Å². The third-order valence-corrected chi connectivity index (χ3v) is 3.43. The Kier molecular flexibility index (Phi) is 7.15. The summed E-state index contributed by atoms with van der Waals surface area (Å²) in [7, 11) is 4.66. The van der Waals surface area contributed by atoms with Crippen LogP contribution in [0.25, 0.3) is 0 Å². The van der Waals surface area contributed by atoms with Gasteiger partial charge in [0, 0.05) is 18.1 Å². The minimum Gasteiger partial charge on any atom is -0.496 e. The molecule has 1 rings (SSSR count). The average Bonchev–Trinajstić information content (AvgIpc) is 2.51. The lowest BCUT2D eigenvalue weighted by molar-refractivity contribution is -0.143. The third-order valence-electron chi connectivity index (χ3n) is 2.98. The maximum Gasteiger partial charge on any atom is 0.305 e. The molecule has 0 aromatic heterocycles. The summed E-state index contributed by atoms with van der Waals surface area (Å²) in [5, 5.41) is -0.385. The van der Waals surface area contributed by atoms with Crippen molar-refractivity contribution in [3.8, 4) is 17.2 Å². The van der Waals surface area contributed by atoms with E-state index in [0.29, 0.717) is 30.3 Å². The number of benzene rings is 1. The molecule has 0 aliphatic carbocycles. The van der Waals surface area contributed by atoms with E-state index in [1.165, 1.54) is 0 Å². The van der Waals surface area contributed by atoms with Gasteiger partial charge in [-0.3, -0.25) is 4.79 Å². The number of hydrogen-bond donors (Lipinski definition) is 0. The Bertz CT molecular complexity index is 475. The summed E-state index contributed by atoms with van der Waals surface area (Å²) in [5.41, 5.74) is 0.751. The smallest absolute Gasteiger partial charge is 0.305 e. The van der Waals surface area contributed by atoms with Crippen LogP contribution in [-0.2, 0) is 9.53 Å². The lowest BCUT2D eigenvalue weighted by Gasteiger charge is -2.17. The molecule has 0 saturated carbocycles. The van der Waals surface area contributed by atoms with E-state index in [1.807, 2.05) is 0 Å². The first-order chi connectivity index (χ1) is 10.1. The summed E-state index contributed by atoms with van der Waals surface area (Å²) in [6.07, 6.45) is 0.700. The van der Waals surface area contributed by atoms with Gasteiger partial charge in [0.05, 0.1) is 33.3 Å². The quantitative estimate of drug-likeness (QED) is 0.544. The van der Waals surface area contributed by atoms with Crippen LogP contribution in [0.3, 0.4) is 0 Å². The van der Waals surface area contributed by atoms with Crippen molar-refractivity contribution in [2.24, 2.45) is 0 Å². The van der Waals surface area contributed by atoms with Crippen LogP contribution >= 0.6 is 11.6 Å². The Balaban J connectivity index is 2.91. The first-order valence-corrected chi connectivity index (χ1v) is 7.10. The van der Waals surface area contributed by atoms with Crippen LogP contribution in [0.15, 0.2) is 12.1 Å². The maximum absolute atomic E-state index is 11.4. The molecule has 0 N–H and O–H groups in total. The first kappa shape index (κ1) is 17.4. The summed E-state index contributed by atoms with van der Waals surface area (Å²) >= 11 is 6.37. The molecule has 118 valence electrons. The number of carbonyl (C=O) groups is 1. The van der Waals surface area contributed by atoms with E-state index >= 15 is 0 Å². The molecule has 1 aromatic rings. The van der Waals surface area contributed by atoms with Crippen molar-refractivity contribution < 1.29 is 23.7 Å². The van der Waals surface area contributed by atoms with E-state index in [2.05, 4.69) is 0 Å². The molecular weight excluding hydrogens is 296 g/mol. The van der Waals surface area contributed by atoms with E-state index in [1.54, 1.807) is 40.4 Å². The topological polar surface area (TPSA) is 54.0 Å². The second-order valence-electron chi connectivity index (χ2n) is 4.26. The van der Waals surface area contributed by atoms with Gasteiger partial charge in [-0.05, 0) is 19.4 Å². The molecule has 0 fully saturated rings. The molecular formula is C15H21ClO5. The molecule has 1 unspecified atom stereocenters. The van der Waals surface area contributed by atoms with Crippen LogP contribution < -0.4 is 14.2 Å². The van der Waals surface area contributed by atoms with Gasteiger partial charge in [-0.15, -0.1) is 11.6 Å². The van der Waals surface area contributed by atoms with E-state index in [0.717, 1.165) is 5.56 Å². The van der Waals surface area contributed by atoms with Gasteiger partial charge in [-0.2, -0.15) is 0 Å². The van der Waals surface area contributed by atoms with Gasteiger partial charge in [0.1, 0.15) is 5.75 Å². The summed E-state index contributed by atoms with van der Waals surface area (Å²) in [4.78, 5) is 11.4. The highest BCUT2D eigenvalue weighted by molar-refractivity contribution is 6.21. The molecule has 0 radical (unpaired) electrons. The normalized spacial score (nSPS) is 11.7. The third kappa shape index (κ3) is 4.70. The molecule has 5 nitrogen and oxygen atoms in total. The highest BCUT2D eigenvalue weighted by atomic mass is 35.5. The van der Waals surface area contributed by atoms with Gasteiger partial charge in [0.2, 0.25) is 0 Å². The predicted octanol–water partition coefficient (Wildman–Crippen LogP) is 3.34. The fraction of sp³-hybridized carbons (Fsp3) is 0.533. The molecule has 0 saturated heterocycles. The molecule has 0 aliphatic rings. The van der Waals surface area contributed by atoms with Crippen molar-refractivity contribution in [1.82, 2.24) is 0 Å². The fourth-order valence-electron chi connectivity index (χ4n) is 1.93. The molecule has 0 amide bonds. The number of hydrogen-bond acceptors (Lipinski definition) is 5. The summed E-state index contributed by atoms with van der Waals surface area (Å²) in [5.74, 6) is 1.46. The standard InChI is InChI=1S/C15H21ClO5/c1-5-21-15(17)7-6-11(16)10-8-13(19-3)14(20-4)9-12(10)18-2/h8-9,11H,5-7H2,1-4H3. The van der Waals surface area contributed by atoms with E-state index in [4.69, 9.17) is 30.5 Å². The van der Waals surface area contributed by atoms with E-state index < -0.39 is 0 Å². The van der Waals surface area contributed by atoms with Crippen LogP contribution in [0.1, 0.15) is 30.7 Å². The number of rotatable bonds is 8. The fourth-order valence-corrected chi connectivity index (χ4v) is 2.21. The van der Waals surface area contributed by atoms with Gasteiger partial charge in [-0.1, -0.05) is 0 Å². The number of ether oxygens (including phenoxy) is 4. The highest BCUT2D eigenvalue weighted by Crippen LogP contribution is 2.40. The van der Waals surface area contributed by atoms with E-state index in [9.17, 15) is 4.79 Å². The Morgan fingerprint density at radius 1 is 1.10 bits per heavy atom. The highest BCUT2D eigenvalue weighted by Gasteiger charge is 2.19. The zero-order valence-electron chi connectivity index (χ0n) is 12.8. The Labute approximate surface area is 130 Å². The zero-order chi connectivity index (χ0) is 15.8. The minimum absolute atomic E-state index is 0.250. The van der Waals surface area contributed by atoms with Gasteiger partial charge < -0.3 is 18.9 Å². The van der Waals surface area contributed by atoms with Gasteiger partial charge in [0.25, 0.3) is 0 Å². The molecule has 6 heteroatoms. The second-order valence-corrected chi connectivity index (χ2v) is 4.79. The molecule has 0 bridgehead atoms. The number of carbonyl (C=O) groups excluding carboxylic acids is 1. The van der Waals surface area contributed by atoms with Crippen molar-refractivity contribution in [3.63, 3.8) is 0 Å². The van der Waals surface area contributed by atoms with E-state index in [-0.39, 0.29) is 17.8 Å². The Morgan fingerprint density at radius 3 is 2.19 bits per heavy atom. The molecule has 0 aliphatic heterocycles. The molecule has 21 heavy (non-hydrogen) atoms. The number of halogens is 1. The number of alkyl halides is 1. The van der Waals surface area contributed by atoms with Crippen molar-refractivity contribution >= 4 is 17.6 Å². The van der Waals surface area contributed by atoms with Crippen LogP contribution in [0, 0.1) is 0 Å². The minimum atomic E-state index is -0.385. The van der Waals surface area contributed by atoms with Gasteiger partial charge >= 0.3 is 5.97 Å². The summed E-state index contributed by atoms with van der Waals surface area (Å²) in [6, 6.07) is 3.48. The van der Waals surface area contributed by atoms with Crippen molar-refractivity contribution in [2.75, 3.05) is 27.9 Å². The number of methoxy groups -OCH3 is 3. The molecule has 1 aromatic carbocycles. The van der Waals surface area contributed by atoms with Crippen LogP contribution in [0.4, 0.5) is 0 Å². The molecule has 0 spiro atoms. The molecule has 0 heterocycles. The summed E-state index contributed by atoms with van der Waals surface area (Å²) < 4.78 is 20.7. The van der Waals surface area contributed by atoms with Crippen LogP contribution in [0.2, 0.25) is 0 Å². The van der Waals surface area contributed by atoms with Crippen molar-refractivity contribution in [1.29, 1.82) is 0 Å². The van der Waals surface area contributed by atoms with Gasteiger partial charge in [-0.25, -0.2) is 0 Å². The predicted molar refractivity (Wildman–Crippen MR) is 80.6 cm³/mol. The van der Waals surface area contributed by atoms with Crippen LogP contribution in [-0.4, -0.2) is 33.9 Å². The van der Waals surface area contributed by atoms with Gasteiger partial charge in [0.15, 0.2) is 11.5 Å². The molecule has 1 atom stereocenters. The Hall–Kier alpha value is -1.62. The monoisotopic (exact) mass is 316 g/mol. The second kappa shape index (κ2) is 8.62. The van der Waals surface area contributed by atoms with Crippen molar-refractivity contribution in [2.45, 2.75) is 25.1 Å². The average molecular weight is 317 g/mol. The Morgan fingerprint density at radius 2 is 1.67 bits per heavy atom. The maximum atomic E-state index is 11.4. The largest absolute Gasteiger partial charge is 0.496 e. The lowest BCUT2D eigenvalue weighted by Crippen LogP contribution is -2.06. The SMILES string of the molecule is CCOC(=O)CCC(Cl)c1cc(OC)c(OC)cc1OC.